The summed E-state index contributed by atoms with van der Waals surface area (Å²) >= 11 is 7.58. The molecule has 32 heavy (non-hydrogen) atoms. The number of ketones is 1. The third-order valence-electron chi connectivity index (χ3n) is 5.14. The molecule has 0 saturated heterocycles. The van der Waals surface area contributed by atoms with Gasteiger partial charge in [0.25, 0.3) is 0 Å². The number of hydrogen-bond acceptors (Lipinski definition) is 6. The normalized spacial score (nSPS) is 15.3. The zero-order valence-electron chi connectivity index (χ0n) is 18.3. The van der Waals surface area contributed by atoms with Gasteiger partial charge >= 0.3 is 0 Å². The molecule has 4 rings (SSSR count). The number of rotatable bonds is 8. The summed E-state index contributed by atoms with van der Waals surface area (Å²) in [5.74, 6) is 2.30. The van der Waals surface area contributed by atoms with E-state index in [1.165, 1.54) is 0 Å². The van der Waals surface area contributed by atoms with Crippen molar-refractivity contribution in [2.75, 3.05) is 11.1 Å². The number of hydrogen-bond donors (Lipinski definition) is 1. The minimum absolute atomic E-state index is 0.00334. The van der Waals surface area contributed by atoms with E-state index in [0.29, 0.717) is 28.3 Å². The monoisotopic (exact) mass is 468 g/mol. The molecule has 1 aliphatic heterocycles. The molecule has 1 atom stereocenters. The summed E-state index contributed by atoms with van der Waals surface area (Å²) in [6.07, 6.45) is 1.04. The fourth-order valence-electron chi connectivity index (χ4n) is 3.67. The van der Waals surface area contributed by atoms with E-state index in [1.54, 1.807) is 23.4 Å². The number of carbonyl (C=O) groups excluding carboxylic acids is 1. The number of anilines is 1. The van der Waals surface area contributed by atoms with Crippen molar-refractivity contribution < 1.29 is 9.53 Å². The Morgan fingerprint density at radius 1 is 1.25 bits per heavy atom. The topological polar surface area (TPSA) is 69.0 Å². The van der Waals surface area contributed by atoms with E-state index < -0.39 is 0 Å². The Labute approximate surface area is 197 Å². The fraction of sp³-hybridized carbons (Fsp3) is 0.292. The molecule has 0 spiro atoms. The Bertz CT molecular complexity index is 1160. The van der Waals surface area contributed by atoms with Gasteiger partial charge < -0.3 is 10.1 Å². The number of thioether (sulfide) groups is 1. The summed E-state index contributed by atoms with van der Waals surface area (Å²) in [6.45, 7) is 6.04. The third-order valence-corrected chi connectivity index (χ3v) is 6.44. The number of fused-ring (bicyclic) bond motifs is 1. The van der Waals surface area contributed by atoms with Crippen LogP contribution in [0.15, 0.2) is 65.0 Å². The number of aromatic nitrogens is 3. The van der Waals surface area contributed by atoms with Crippen molar-refractivity contribution >= 4 is 35.1 Å². The first-order valence-corrected chi connectivity index (χ1v) is 11.9. The quantitative estimate of drug-likeness (QED) is 0.415. The van der Waals surface area contributed by atoms with Crippen LogP contribution in [-0.4, -0.2) is 26.3 Å². The van der Waals surface area contributed by atoms with Crippen LogP contribution in [0.1, 0.15) is 44.4 Å². The summed E-state index contributed by atoms with van der Waals surface area (Å²) in [5, 5.41) is 9.35. The number of benzene rings is 2. The summed E-state index contributed by atoms with van der Waals surface area (Å²) in [4.78, 5) is 17.2. The molecule has 0 bridgehead atoms. The minimum atomic E-state index is -0.369. The third kappa shape index (κ3) is 4.84. The number of Topliss-reactive ketones (excluding diaryl/α,β-unsaturated/α-hetero) is 1. The summed E-state index contributed by atoms with van der Waals surface area (Å²) in [6, 6.07) is 15.0. The average molecular weight is 469 g/mol. The summed E-state index contributed by atoms with van der Waals surface area (Å²) in [5.41, 5.74) is 3.41. The summed E-state index contributed by atoms with van der Waals surface area (Å²) in [7, 11) is 0. The van der Waals surface area contributed by atoms with Crippen molar-refractivity contribution in [2.45, 2.75) is 45.0 Å². The second kappa shape index (κ2) is 9.79. The van der Waals surface area contributed by atoms with Crippen LogP contribution < -0.4 is 10.1 Å². The Hall–Kier alpha value is -2.77. The van der Waals surface area contributed by atoms with Crippen LogP contribution in [0.2, 0.25) is 5.02 Å². The highest BCUT2D eigenvalue weighted by atomic mass is 35.5. The van der Waals surface area contributed by atoms with Crippen molar-refractivity contribution in [1.29, 1.82) is 0 Å². The molecule has 2 aromatic carbocycles. The molecular formula is C24H25ClN4O2S. The molecule has 0 amide bonds. The zero-order valence-corrected chi connectivity index (χ0v) is 19.8. The van der Waals surface area contributed by atoms with Gasteiger partial charge in [0, 0.05) is 22.0 Å². The van der Waals surface area contributed by atoms with Gasteiger partial charge in [-0.1, -0.05) is 54.6 Å². The van der Waals surface area contributed by atoms with Crippen LogP contribution in [0.25, 0.3) is 0 Å². The smallest absolute Gasteiger partial charge is 0.227 e. The van der Waals surface area contributed by atoms with E-state index in [2.05, 4.69) is 17.2 Å². The summed E-state index contributed by atoms with van der Waals surface area (Å²) < 4.78 is 7.83. The van der Waals surface area contributed by atoms with Gasteiger partial charge in [-0.25, -0.2) is 4.68 Å². The molecule has 8 heteroatoms. The molecule has 1 N–H and O–H groups in total. The molecule has 1 unspecified atom stereocenters. The minimum Gasteiger partial charge on any atom is -0.489 e. The molecule has 1 aliphatic rings. The number of carbonyl (C=O) groups is 1. The first kappa shape index (κ1) is 22.4. The first-order valence-electron chi connectivity index (χ1n) is 10.5. The number of halogens is 1. The van der Waals surface area contributed by atoms with Gasteiger partial charge in [-0.15, -0.1) is 5.10 Å². The second-order valence-corrected chi connectivity index (χ2v) is 9.12. The van der Waals surface area contributed by atoms with E-state index in [1.807, 2.05) is 55.5 Å². The number of ether oxygens (including phenoxy) is 1. The molecule has 2 heterocycles. The Kier molecular flexibility index (Phi) is 6.86. The van der Waals surface area contributed by atoms with Crippen molar-refractivity contribution in [3.8, 4) is 5.75 Å². The zero-order chi connectivity index (χ0) is 22.7. The van der Waals surface area contributed by atoms with Crippen LogP contribution in [0.4, 0.5) is 5.95 Å². The van der Waals surface area contributed by atoms with Gasteiger partial charge in [0.05, 0.1) is 0 Å². The molecule has 0 fully saturated rings. The van der Waals surface area contributed by atoms with Crippen LogP contribution >= 0.6 is 23.4 Å². The van der Waals surface area contributed by atoms with Gasteiger partial charge in [0.1, 0.15) is 18.4 Å². The lowest BCUT2D eigenvalue weighted by molar-refractivity contribution is -0.114. The van der Waals surface area contributed by atoms with Crippen LogP contribution in [0.3, 0.4) is 0 Å². The van der Waals surface area contributed by atoms with Gasteiger partial charge in [-0.05, 0) is 55.7 Å². The van der Waals surface area contributed by atoms with Crippen molar-refractivity contribution in [3.63, 3.8) is 0 Å². The lowest BCUT2D eigenvalue weighted by atomic mass is 9.93. The van der Waals surface area contributed by atoms with Crippen LogP contribution in [0, 0.1) is 0 Å². The lowest BCUT2D eigenvalue weighted by Crippen LogP contribution is -2.27. The van der Waals surface area contributed by atoms with Gasteiger partial charge in [-0.3, -0.25) is 4.79 Å². The molecule has 3 aromatic rings. The molecule has 0 aliphatic carbocycles. The molecule has 166 valence electrons. The van der Waals surface area contributed by atoms with E-state index in [4.69, 9.17) is 21.4 Å². The van der Waals surface area contributed by atoms with Gasteiger partial charge in [0.2, 0.25) is 11.1 Å². The molecule has 1 aromatic heterocycles. The Morgan fingerprint density at radius 3 is 2.75 bits per heavy atom. The predicted molar refractivity (Wildman–Crippen MR) is 128 cm³/mol. The molecule has 0 radical (unpaired) electrons. The molecular weight excluding hydrogens is 444 g/mol. The second-order valence-electron chi connectivity index (χ2n) is 7.62. The van der Waals surface area contributed by atoms with Crippen molar-refractivity contribution in [3.05, 3.63) is 76.0 Å². The number of nitrogens with zero attached hydrogens (tertiary/aromatic N) is 3. The Morgan fingerprint density at radius 2 is 2.03 bits per heavy atom. The molecule has 0 saturated carbocycles. The first-order chi connectivity index (χ1) is 15.5. The van der Waals surface area contributed by atoms with E-state index in [0.717, 1.165) is 34.7 Å². The number of nitrogens with one attached hydrogen (secondary N) is 1. The highest BCUT2D eigenvalue weighted by molar-refractivity contribution is 7.99. The predicted octanol–water partition coefficient (Wildman–Crippen LogP) is 5.89. The van der Waals surface area contributed by atoms with E-state index >= 15 is 0 Å². The van der Waals surface area contributed by atoms with Gasteiger partial charge in [0.15, 0.2) is 5.78 Å². The van der Waals surface area contributed by atoms with Crippen LogP contribution in [-0.2, 0) is 11.4 Å². The molecule has 6 nitrogen and oxygen atoms in total. The lowest BCUT2D eigenvalue weighted by Gasteiger charge is -2.28. The van der Waals surface area contributed by atoms with Crippen molar-refractivity contribution in [1.82, 2.24) is 14.8 Å². The maximum Gasteiger partial charge on any atom is 0.227 e. The van der Waals surface area contributed by atoms with E-state index in [-0.39, 0.29) is 11.8 Å². The highest BCUT2D eigenvalue weighted by Crippen LogP contribution is 2.37. The maximum absolute atomic E-state index is 12.6. The van der Waals surface area contributed by atoms with E-state index in [9.17, 15) is 4.79 Å². The Balaban J connectivity index is 1.66. The largest absolute Gasteiger partial charge is 0.489 e. The average Bonchev–Trinajstić information content (AvgIpc) is 3.18. The highest BCUT2D eigenvalue weighted by Gasteiger charge is 2.32. The maximum atomic E-state index is 12.6. The fourth-order valence-corrected chi connectivity index (χ4v) is 4.48. The SMILES string of the molecule is CCCSc1nc2n(n1)C(c1cccc(OCc3ccc(Cl)cc3)c1)C(C(C)=O)=C(C)N2. The number of allylic oxidation sites excluding steroid dienone is 2. The van der Waals surface area contributed by atoms with Crippen LogP contribution in [0.5, 0.6) is 5.75 Å². The standard InChI is InChI=1S/C24H25ClN4O2S/c1-4-12-32-24-27-23-26-15(2)21(16(3)30)22(29(23)28-24)18-6-5-7-20(13-18)31-14-17-8-10-19(25)11-9-17/h5-11,13,22H,4,12,14H2,1-3H3,(H,26,27,28). The van der Waals surface area contributed by atoms with Gasteiger partial charge in [-0.2, -0.15) is 4.98 Å². The van der Waals surface area contributed by atoms with Crippen molar-refractivity contribution in [2.24, 2.45) is 0 Å².